The zero-order valence-electron chi connectivity index (χ0n) is 61.5. The first kappa shape index (κ1) is 68.8. The highest BCUT2D eigenvalue weighted by molar-refractivity contribution is 5.85. The number of rotatable bonds is 8. The van der Waals surface area contributed by atoms with Gasteiger partial charge < -0.3 is 0 Å². The Morgan fingerprint density at radius 3 is 1.15 bits per heavy atom. The maximum atomic E-state index is 2.47. The lowest BCUT2D eigenvalue weighted by atomic mass is 9.88. The zero-order valence-corrected chi connectivity index (χ0v) is 61.5. The Balaban J connectivity index is 0.000000130. The summed E-state index contributed by atoms with van der Waals surface area (Å²) in [6.07, 6.45) is 13.0. The van der Waals surface area contributed by atoms with Crippen molar-refractivity contribution >= 4 is 43.6 Å². The van der Waals surface area contributed by atoms with Crippen molar-refractivity contribution in [3.05, 3.63) is 261 Å². The molecule has 2 aliphatic carbocycles. The van der Waals surface area contributed by atoms with Crippen LogP contribution in [0.2, 0.25) is 0 Å². The molecule has 4 aromatic heterocycles. The van der Waals surface area contributed by atoms with Crippen LogP contribution in [0, 0.1) is 66.2 Å². The second-order valence-corrected chi connectivity index (χ2v) is 31.1. The Hall–Kier alpha value is -8.60. The van der Waals surface area contributed by atoms with Gasteiger partial charge in [-0.2, -0.15) is 18.3 Å². The summed E-state index contributed by atoms with van der Waals surface area (Å²) in [6, 6.07) is 72.3. The fourth-order valence-corrected chi connectivity index (χ4v) is 15.6. The van der Waals surface area contributed by atoms with Gasteiger partial charge in [-0.1, -0.05) is 169 Å². The van der Waals surface area contributed by atoms with Crippen molar-refractivity contribution < 1.29 is 18.3 Å². The molecule has 0 N–H and O–H groups in total. The summed E-state index contributed by atoms with van der Waals surface area (Å²) in [6.45, 7) is 31.3. The number of nitrogens with zero attached hydrogens (tertiary/aromatic N) is 4. The fraction of sp³-hybridized carbons (Fsp3) is 0.348. The predicted octanol–water partition coefficient (Wildman–Crippen LogP) is 22.3. The summed E-state index contributed by atoms with van der Waals surface area (Å²) >= 11 is 0. The van der Waals surface area contributed by atoms with E-state index in [-0.39, 0.29) is 0 Å². The number of pyridine rings is 4. The molecule has 4 heteroatoms. The average molecular weight is 1270 g/mol. The molecule has 0 atom stereocenters. The normalized spacial score (nSPS) is 13.6. The van der Waals surface area contributed by atoms with Crippen molar-refractivity contribution in [2.24, 2.45) is 39.0 Å². The van der Waals surface area contributed by atoms with E-state index in [0.717, 1.165) is 24.7 Å². The molecule has 2 aliphatic rings. The first-order chi connectivity index (χ1) is 45.8. The molecular formula is C92H108N4+4. The molecule has 0 bridgehead atoms. The molecule has 492 valence electrons. The number of hydrogen-bond acceptors (Lipinski definition) is 0. The Labute approximate surface area is 576 Å². The van der Waals surface area contributed by atoms with Gasteiger partial charge in [0, 0.05) is 92.3 Å². The third kappa shape index (κ3) is 15.5. The molecule has 4 nitrogen and oxygen atoms in total. The van der Waals surface area contributed by atoms with Gasteiger partial charge in [0.2, 0.25) is 44.8 Å². The molecule has 96 heavy (non-hydrogen) atoms. The number of fused-ring (bicyclic) bond motifs is 4. The predicted molar refractivity (Wildman–Crippen MR) is 409 cm³/mol. The first-order valence-corrected chi connectivity index (χ1v) is 35.8. The lowest BCUT2D eigenvalue weighted by Crippen LogP contribution is -2.33. The van der Waals surface area contributed by atoms with Crippen LogP contribution >= 0.6 is 0 Å². The Morgan fingerprint density at radius 2 is 0.688 bits per heavy atom. The summed E-state index contributed by atoms with van der Waals surface area (Å²) in [4.78, 5) is 0. The number of benzene rings is 8. The van der Waals surface area contributed by atoms with Crippen LogP contribution in [0.5, 0.6) is 0 Å². The van der Waals surface area contributed by atoms with E-state index in [0.29, 0.717) is 10.8 Å². The molecule has 0 spiro atoms. The van der Waals surface area contributed by atoms with Gasteiger partial charge in [0.25, 0.3) is 0 Å². The largest absolute Gasteiger partial charge is 0.213 e. The second kappa shape index (κ2) is 29.0. The Bertz CT molecular complexity index is 4820. The van der Waals surface area contributed by atoms with E-state index >= 15 is 0 Å². The number of aryl methyl sites for hydroxylation is 11. The second-order valence-electron chi connectivity index (χ2n) is 31.1. The minimum atomic E-state index is 0.300. The average Bonchev–Trinajstić information content (AvgIpc) is 0.995. The minimum absolute atomic E-state index is 0.300. The SMILES string of the molecule is Cc1cc(C)c(C)c(-c2ccc3ccc(CC(C)(C)C)cc3[n+]2C)c1.Cc1ccc(C)c(-c2cc(C3CCCC3)c3ccccc3[n+]2C)c1.Cc1ccc(C)c(-c2ccc3ccc(CC(C)(C)C)cc3[n+]2C)c1.Cc1ccccc1-c1cc(C2CCCC2)c2ccccc2[n+]1C. The van der Waals surface area contributed by atoms with Gasteiger partial charge in [0.05, 0.1) is 0 Å². The lowest BCUT2D eigenvalue weighted by molar-refractivity contribution is -0.633. The monoisotopic (exact) mass is 1270 g/mol. The highest BCUT2D eigenvalue weighted by atomic mass is 15.0. The van der Waals surface area contributed by atoms with Crippen molar-refractivity contribution in [1.82, 2.24) is 0 Å². The number of aromatic nitrogens is 4. The summed E-state index contributed by atoms with van der Waals surface area (Å²) in [5.74, 6) is 1.45. The summed E-state index contributed by atoms with van der Waals surface area (Å²) in [5.41, 5.74) is 33.1. The van der Waals surface area contributed by atoms with Crippen LogP contribution in [-0.4, -0.2) is 0 Å². The van der Waals surface area contributed by atoms with Crippen LogP contribution < -0.4 is 18.3 Å². The molecule has 0 unspecified atom stereocenters. The molecule has 14 rings (SSSR count). The van der Waals surface area contributed by atoms with Crippen molar-refractivity contribution in [2.45, 2.75) is 173 Å². The van der Waals surface area contributed by atoms with E-state index in [9.17, 15) is 0 Å². The third-order valence-electron chi connectivity index (χ3n) is 20.8. The maximum absolute atomic E-state index is 2.47. The molecule has 0 amide bonds. The van der Waals surface area contributed by atoms with E-state index in [4.69, 9.17) is 0 Å². The Morgan fingerprint density at radius 1 is 0.312 bits per heavy atom. The van der Waals surface area contributed by atoms with E-state index < -0.39 is 0 Å². The first-order valence-electron chi connectivity index (χ1n) is 35.8. The molecule has 0 radical (unpaired) electrons. The van der Waals surface area contributed by atoms with Gasteiger partial charge in [0.15, 0.2) is 0 Å². The molecule has 2 fully saturated rings. The van der Waals surface area contributed by atoms with Crippen LogP contribution in [0.4, 0.5) is 0 Å². The summed E-state index contributed by atoms with van der Waals surface area (Å²) in [5, 5.41) is 5.45. The van der Waals surface area contributed by atoms with Gasteiger partial charge in [-0.25, -0.2) is 0 Å². The van der Waals surface area contributed by atoms with Crippen LogP contribution in [0.25, 0.3) is 88.6 Å². The van der Waals surface area contributed by atoms with Crippen molar-refractivity contribution in [3.8, 4) is 45.0 Å². The topological polar surface area (TPSA) is 15.5 Å². The minimum Gasteiger partial charge on any atom is -0.194 e. The highest BCUT2D eigenvalue weighted by Crippen LogP contribution is 2.41. The van der Waals surface area contributed by atoms with Gasteiger partial charge in [-0.15, -0.1) is 0 Å². The van der Waals surface area contributed by atoms with Gasteiger partial charge in [0.1, 0.15) is 28.2 Å². The third-order valence-corrected chi connectivity index (χ3v) is 20.8. The molecule has 4 heterocycles. The van der Waals surface area contributed by atoms with E-state index in [1.165, 1.54) is 196 Å². The molecular weight excluding hydrogens is 1160 g/mol. The van der Waals surface area contributed by atoms with Crippen LogP contribution in [0.1, 0.15) is 172 Å². The standard InChI is InChI=1S/C24H30N.C23H26N.C23H28N.C22H24N/c1-16-12-17(2)18(3)21(13-16)22-11-10-20-9-8-19(15-24(4,5)6)14-23(20)25(22)7;1-16-12-13-17(2)20(14-16)23-15-21(18-8-4-5-9-18)19-10-6-7-11-22(19)24(23)3;1-16-7-8-17(2)20(13-16)21-12-11-19-10-9-18(15-23(3,4)5)14-22(19)24(21)6;1-16-9-3-6-12-18(16)22-15-20(17-10-4-5-11-17)19-13-7-8-14-21(19)23(22)2/h8-14H,15H2,1-7H3;6-7,10-15,18H,4-5,8-9H2,1-3H3;7-14H,15H2,1-6H3;3,6-9,12-15,17H,4-5,10-11H2,1-2H3/q4*+1. The maximum Gasteiger partial charge on any atom is 0.213 e. The van der Waals surface area contributed by atoms with Crippen molar-refractivity contribution in [1.29, 1.82) is 0 Å². The fourth-order valence-electron chi connectivity index (χ4n) is 15.6. The van der Waals surface area contributed by atoms with Gasteiger partial charge >= 0.3 is 0 Å². The highest BCUT2D eigenvalue weighted by Gasteiger charge is 2.28. The Kier molecular flexibility index (Phi) is 20.8. The van der Waals surface area contributed by atoms with E-state index in [1.54, 1.807) is 11.1 Å². The number of hydrogen-bond donors (Lipinski definition) is 0. The molecule has 8 aromatic carbocycles. The van der Waals surface area contributed by atoms with E-state index in [1.807, 2.05) is 0 Å². The molecule has 0 saturated heterocycles. The smallest absolute Gasteiger partial charge is 0.194 e. The zero-order chi connectivity index (χ0) is 68.3. The summed E-state index contributed by atoms with van der Waals surface area (Å²) in [7, 11) is 8.77. The van der Waals surface area contributed by atoms with E-state index in [2.05, 4.69) is 338 Å². The molecule has 12 aromatic rings. The van der Waals surface area contributed by atoms with Crippen LogP contribution in [-0.2, 0) is 41.0 Å². The van der Waals surface area contributed by atoms with Gasteiger partial charge in [-0.05, 0) is 227 Å². The van der Waals surface area contributed by atoms with Crippen LogP contribution in [0.3, 0.4) is 0 Å². The van der Waals surface area contributed by atoms with Crippen molar-refractivity contribution in [3.63, 3.8) is 0 Å². The molecule has 0 aliphatic heterocycles. The number of para-hydroxylation sites is 2. The van der Waals surface area contributed by atoms with Crippen molar-refractivity contribution in [2.75, 3.05) is 0 Å². The lowest BCUT2D eigenvalue weighted by Gasteiger charge is -2.18. The van der Waals surface area contributed by atoms with Gasteiger partial charge in [-0.3, -0.25) is 0 Å². The quantitative estimate of drug-likeness (QED) is 0.135. The summed E-state index contributed by atoms with van der Waals surface area (Å²) < 4.78 is 9.41. The molecule has 2 saturated carbocycles. The van der Waals surface area contributed by atoms with Crippen LogP contribution in [0.15, 0.2) is 194 Å².